The molecule has 0 bridgehead atoms. The van der Waals surface area contributed by atoms with Crippen LogP contribution in [0, 0.1) is 6.92 Å². The van der Waals surface area contributed by atoms with Gasteiger partial charge in [0.1, 0.15) is 5.82 Å². The first-order valence-electron chi connectivity index (χ1n) is 8.05. The van der Waals surface area contributed by atoms with Crippen LogP contribution >= 0.6 is 0 Å². The normalized spacial score (nSPS) is 18.0. The molecule has 1 atom stereocenters. The summed E-state index contributed by atoms with van der Waals surface area (Å²) in [5.74, 6) is 1.19. The van der Waals surface area contributed by atoms with E-state index in [2.05, 4.69) is 30.0 Å². The fourth-order valence-corrected chi connectivity index (χ4v) is 2.99. The Morgan fingerprint density at radius 3 is 2.74 bits per heavy atom. The Hall–Kier alpha value is -2.21. The van der Waals surface area contributed by atoms with E-state index in [9.17, 15) is 4.79 Å². The van der Waals surface area contributed by atoms with E-state index in [4.69, 9.17) is 5.73 Å². The first kappa shape index (κ1) is 15.7. The summed E-state index contributed by atoms with van der Waals surface area (Å²) >= 11 is 0. The van der Waals surface area contributed by atoms with Gasteiger partial charge in [-0.3, -0.25) is 4.79 Å². The maximum atomic E-state index is 12.5. The number of hydrogen-bond donors (Lipinski definition) is 1. The van der Waals surface area contributed by atoms with Gasteiger partial charge in [-0.2, -0.15) is 0 Å². The Morgan fingerprint density at radius 1 is 1.35 bits per heavy atom. The largest absolute Gasteiger partial charge is 0.334 e. The predicted molar refractivity (Wildman–Crippen MR) is 88.7 cm³/mol. The molecule has 122 valence electrons. The highest BCUT2D eigenvalue weighted by Gasteiger charge is 2.28. The average Bonchev–Trinajstić information content (AvgIpc) is 3.12. The topological polar surface area (TPSA) is 77.0 Å². The number of amides is 1. The van der Waals surface area contributed by atoms with Gasteiger partial charge in [0.2, 0.25) is 5.82 Å². The summed E-state index contributed by atoms with van der Waals surface area (Å²) in [6, 6.07) is 8.15. The number of nitrogens with two attached hydrogens (primary N) is 1. The molecular formula is C17H23N5O. The SMILES string of the molecule is Cc1nc(C(=O)N2CC[C@@H](N)C2)nn1-c1ccccc1C(C)C. The molecule has 1 saturated heterocycles. The van der Waals surface area contributed by atoms with Crippen molar-refractivity contribution in [2.45, 2.75) is 39.2 Å². The summed E-state index contributed by atoms with van der Waals surface area (Å²) in [6.45, 7) is 7.41. The van der Waals surface area contributed by atoms with Crippen LogP contribution in [0.15, 0.2) is 24.3 Å². The molecule has 3 rings (SSSR count). The zero-order valence-electron chi connectivity index (χ0n) is 13.9. The van der Waals surface area contributed by atoms with Gasteiger partial charge < -0.3 is 10.6 Å². The molecule has 2 N–H and O–H groups in total. The molecule has 1 amide bonds. The number of carbonyl (C=O) groups is 1. The number of para-hydroxylation sites is 1. The van der Waals surface area contributed by atoms with Crippen LogP contribution in [0.5, 0.6) is 0 Å². The van der Waals surface area contributed by atoms with Crippen LogP contribution in [0.2, 0.25) is 0 Å². The highest BCUT2D eigenvalue weighted by atomic mass is 16.2. The van der Waals surface area contributed by atoms with Gasteiger partial charge in [-0.15, -0.1) is 5.10 Å². The lowest BCUT2D eigenvalue weighted by Crippen LogP contribution is -2.32. The quantitative estimate of drug-likeness (QED) is 0.938. The van der Waals surface area contributed by atoms with E-state index in [0.29, 0.717) is 24.8 Å². The van der Waals surface area contributed by atoms with Crippen molar-refractivity contribution in [1.29, 1.82) is 0 Å². The van der Waals surface area contributed by atoms with Crippen molar-refractivity contribution >= 4 is 5.91 Å². The first-order valence-corrected chi connectivity index (χ1v) is 8.05. The molecule has 1 aromatic carbocycles. The summed E-state index contributed by atoms with van der Waals surface area (Å²) in [4.78, 5) is 18.7. The van der Waals surface area contributed by atoms with Gasteiger partial charge in [0.25, 0.3) is 5.91 Å². The van der Waals surface area contributed by atoms with Crippen LogP contribution < -0.4 is 5.73 Å². The van der Waals surface area contributed by atoms with Crippen LogP contribution in [-0.4, -0.2) is 44.7 Å². The molecule has 23 heavy (non-hydrogen) atoms. The second-order valence-electron chi connectivity index (χ2n) is 6.41. The molecule has 0 unspecified atom stereocenters. The zero-order valence-corrected chi connectivity index (χ0v) is 13.9. The Labute approximate surface area is 136 Å². The molecule has 0 saturated carbocycles. The number of carbonyl (C=O) groups excluding carboxylic acids is 1. The molecule has 6 heteroatoms. The lowest BCUT2D eigenvalue weighted by molar-refractivity contribution is 0.0779. The minimum atomic E-state index is -0.137. The second kappa shape index (κ2) is 6.12. The number of hydrogen-bond acceptors (Lipinski definition) is 4. The Kier molecular flexibility index (Phi) is 4.17. The zero-order chi connectivity index (χ0) is 16.6. The van der Waals surface area contributed by atoms with E-state index >= 15 is 0 Å². The second-order valence-corrected chi connectivity index (χ2v) is 6.41. The van der Waals surface area contributed by atoms with E-state index in [0.717, 1.165) is 12.1 Å². The Balaban J connectivity index is 1.94. The molecule has 2 heterocycles. The van der Waals surface area contributed by atoms with Crippen LogP contribution in [0.25, 0.3) is 5.69 Å². The van der Waals surface area contributed by atoms with E-state index in [1.165, 1.54) is 5.56 Å². The number of aromatic nitrogens is 3. The van der Waals surface area contributed by atoms with Crippen molar-refractivity contribution in [3.8, 4) is 5.69 Å². The summed E-state index contributed by atoms with van der Waals surface area (Å²) in [5, 5.41) is 4.47. The standard InChI is InChI=1S/C17H23N5O/c1-11(2)14-6-4-5-7-15(14)22-12(3)19-16(20-22)17(23)21-9-8-13(18)10-21/h4-7,11,13H,8-10,18H2,1-3H3/t13-/m1/s1. The van der Waals surface area contributed by atoms with Crippen LogP contribution in [0.3, 0.4) is 0 Å². The smallest absolute Gasteiger partial charge is 0.293 e. The van der Waals surface area contributed by atoms with Crippen molar-refractivity contribution in [3.63, 3.8) is 0 Å². The molecule has 1 aromatic heterocycles. The molecular weight excluding hydrogens is 290 g/mol. The molecule has 6 nitrogen and oxygen atoms in total. The molecule has 2 aromatic rings. The fourth-order valence-electron chi connectivity index (χ4n) is 2.99. The van der Waals surface area contributed by atoms with E-state index < -0.39 is 0 Å². The van der Waals surface area contributed by atoms with E-state index in [1.54, 1.807) is 9.58 Å². The Morgan fingerprint density at radius 2 is 2.09 bits per heavy atom. The summed E-state index contributed by atoms with van der Waals surface area (Å²) < 4.78 is 1.76. The number of rotatable bonds is 3. The highest BCUT2D eigenvalue weighted by Crippen LogP contribution is 2.23. The molecule has 0 radical (unpaired) electrons. The van der Waals surface area contributed by atoms with Gasteiger partial charge in [-0.25, -0.2) is 9.67 Å². The van der Waals surface area contributed by atoms with Crippen LogP contribution in [-0.2, 0) is 0 Å². The molecule has 1 aliphatic heterocycles. The minimum absolute atomic E-state index is 0.0591. The maximum absolute atomic E-state index is 12.5. The molecule has 0 spiro atoms. The van der Waals surface area contributed by atoms with Crippen molar-refractivity contribution in [3.05, 3.63) is 41.5 Å². The minimum Gasteiger partial charge on any atom is -0.334 e. The van der Waals surface area contributed by atoms with Gasteiger partial charge in [0.15, 0.2) is 0 Å². The lowest BCUT2D eigenvalue weighted by Gasteiger charge is -2.14. The monoisotopic (exact) mass is 313 g/mol. The van der Waals surface area contributed by atoms with Gasteiger partial charge in [0, 0.05) is 19.1 Å². The number of nitrogens with zero attached hydrogens (tertiary/aromatic N) is 4. The third-order valence-electron chi connectivity index (χ3n) is 4.26. The van der Waals surface area contributed by atoms with Crippen molar-refractivity contribution < 1.29 is 4.79 Å². The Bertz CT molecular complexity index is 722. The number of likely N-dealkylation sites (tertiary alicyclic amines) is 1. The van der Waals surface area contributed by atoms with Crippen LogP contribution in [0.1, 0.15) is 48.2 Å². The molecule has 1 fully saturated rings. The third kappa shape index (κ3) is 2.99. The lowest BCUT2D eigenvalue weighted by atomic mass is 10.0. The summed E-state index contributed by atoms with van der Waals surface area (Å²) in [7, 11) is 0. The summed E-state index contributed by atoms with van der Waals surface area (Å²) in [6.07, 6.45) is 0.835. The van der Waals surface area contributed by atoms with Crippen molar-refractivity contribution in [1.82, 2.24) is 19.7 Å². The van der Waals surface area contributed by atoms with E-state index in [-0.39, 0.29) is 17.8 Å². The van der Waals surface area contributed by atoms with Crippen molar-refractivity contribution in [2.75, 3.05) is 13.1 Å². The van der Waals surface area contributed by atoms with Gasteiger partial charge >= 0.3 is 0 Å². The van der Waals surface area contributed by atoms with Gasteiger partial charge in [0.05, 0.1) is 5.69 Å². The number of aryl methyl sites for hydroxylation is 1. The number of benzene rings is 1. The molecule has 0 aliphatic carbocycles. The predicted octanol–water partition coefficient (Wildman–Crippen LogP) is 1.87. The van der Waals surface area contributed by atoms with Gasteiger partial charge in [-0.1, -0.05) is 32.0 Å². The average molecular weight is 313 g/mol. The molecule has 1 aliphatic rings. The maximum Gasteiger partial charge on any atom is 0.293 e. The first-order chi connectivity index (χ1) is 11.0. The highest BCUT2D eigenvalue weighted by molar-refractivity contribution is 5.90. The van der Waals surface area contributed by atoms with Gasteiger partial charge in [-0.05, 0) is 30.9 Å². The third-order valence-corrected chi connectivity index (χ3v) is 4.26. The summed E-state index contributed by atoms with van der Waals surface area (Å²) in [5.41, 5.74) is 8.04. The fraction of sp³-hybridized carbons (Fsp3) is 0.471. The van der Waals surface area contributed by atoms with Crippen molar-refractivity contribution in [2.24, 2.45) is 5.73 Å². The van der Waals surface area contributed by atoms with E-state index in [1.807, 2.05) is 25.1 Å². The van der Waals surface area contributed by atoms with Crippen LogP contribution in [0.4, 0.5) is 0 Å².